The van der Waals surface area contributed by atoms with E-state index in [1.807, 2.05) is 30.9 Å². The first kappa shape index (κ1) is 19.3. The third-order valence-corrected chi connectivity index (χ3v) is 5.49. The molecule has 0 atom stereocenters. The van der Waals surface area contributed by atoms with Crippen molar-refractivity contribution in [1.29, 1.82) is 0 Å². The Hall–Kier alpha value is -3.00. The molecule has 3 heterocycles. The number of carboxylic acid groups (broad SMARTS) is 1. The standard InChI is InChI=1S/C21H23FN4O3/c1-13-15(4-3-5-16(13)12-22)10-18-14(2)23-20-17(21(27)28)11-19(24-26(18)20)25-6-8-29-9-7-25/h3-5,11H,6-10,12H2,1-2H3,(H,27,28). The lowest BCUT2D eigenvalue weighted by Gasteiger charge is -2.28. The van der Waals surface area contributed by atoms with Crippen LogP contribution in [0.5, 0.6) is 0 Å². The maximum atomic E-state index is 13.3. The van der Waals surface area contributed by atoms with Crippen LogP contribution in [-0.2, 0) is 17.8 Å². The van der Waals surface area contributed by atoms with Gasteiger partial charge in [0.15, 0.2) is 11.5 Å². The normalized spacial score (nSPS) is 14.5. The highest BCUT2D eigenvalue weighted by Crippen LogP contribution is 2.25. The number of nitrogens with zero attached hydrogens (tertiary/aromatic N) is 4. The Morgan fingerprint density at radius 2 is 1.97 bits per heavy atom. The minimum Gasteiger partial charge on any atom is -0.478 e. The number of carbonyl (C=O) groups is 1. The number of morpholine rings is 1. The lowest BCUT2D eigenvalue weighted by atomic mass is 9.99. The zero-order valence-electron chi connectivity index (χ0n) is 16.5. The van der Waals surface area contributed by atoms with Crippen LogP contribution >= 0.6 is 0 Å². The summed E-state index contributed by atoms with van der Waals surface area (Å²) in [4.78, 5) is 18.4. The first-order valence-corrected chi connectivity index (χ1v) is 9.58. The largest absolute Gasteiger partial charge is 0.478 e. The maximum absolute atomic E-state index is 13.3. The summed E-state index contributed by atoms with van der Waals surface area (Å²) < 4.78 is 20.3. The lowest BCUT2D eigenvalue weighted by Crippen LogP contribution is -2.37. The Bertz CT molecular complexity index is 1070. The van der Waals surface area contributed by atoms with Gasteiger partial charge in [0.05, 0.1) is 24.6 Å². The molecule has 0 aliphatic carbocycles. The van der Waals surface area contributed by atoms with Crippen LogP contribution in [0.4, 0.5) is 10.2 Å². The monoisotopic (exact) mass is 398 g/mol. The lowest BCUT2D eigenvalue weighted by molar-refractivity contribution is 0.0698. The molecular formula is C21H23FN4O3. The van der Waals surface area contributed by atoms with Gasteiger partial charge in [-0.15, -0.1) is 5.10 Å². The molecule has 8 heteroatoms. The Morgan fingerprint density at radius 1 is 1.24 bits per heavy atom. The number of imidazole rings is 1. The topological polar surface area (TPSA) is 80.0 Å². The second-order valence-corrected chi connectivity index (χ2v) is 7.21. The van der Waals surface area contributed by atoms with Crippen molar-refractivity contribution in [2.45, 2.75) is 26.9 Å². The number of carboxylic acids is 1. The van der Waals surface area contributed by atoms with Gasteiger partial charge in [0.1, 0.15) is 12.2 Å². The van der Waals surface area contributed by atoms with Crippen LogP contribution in [0.2, 0.25) is 0 Å². The molecule has 1 saturated heterocycles. The van der Waals surface area contributed by atoms with Gasteiger partial charge in [-0.3, -0.25) is 0 Å². The summed E-state index contributed by atoms with van der Waals surface area (Å²) in [6.07, 6.45) is 0.491. The number of alkyl halides is 1. The number of halogens is 1. The van der Waals surface area contributed by atoms with Gasteiger partial charge in [0.2, 0.25) is 0 Å². The van der Waals surface area contributed by atoms with Gasteiger partial charge in [-0.2, -0.15) is 0 Å². The highest BCUT2D eigenvalue weighted by atomic mass is 19.1. The summed E-state index contributed by atoms with van der Waals surface area (Å²) >= 11 is 0. The molecule has 29 heavy (non-hydrogen) atoms. The molecule has 1 aromatic carbocycles. The molecule has 2 aromatic heterocycles. The van der Waals surface area contributed by atoms with E-state index in [9.17, 15) is 14.3 Å². The van der Waals surface area contributed by atoms with Gasteiger partial charge < -0.3 is 14.7 Å². The average Bonchev–Trinajstić information content (AvgIpc) is 3.04. The summed E-state index contributed by atoms with van der Waals surface area (Å²) in [5, 5.41) is 14.5. The summed E-state index contributed by atoms with van der Waals surface area (Å²) in [7, 11) is 0. The van der Waals surface area contributed by atoms with Gasteiger partial charge in [0.25, 0.3) is 0 Å². The third-order valence-electron chi connectivity index (χ3n) is 5.49. The predicted octanol–water partition coefficient (Wildman–Crippen LogP) is 2.94. The average molecular weight is 398 g/mol. The zero-order chi connectivity index (χ0) is 20.5. The number of aromatic nitrogens is 3. The molecule has 1 N–H and O–H groups in total. The van der Waals surface area contributed by atoms with Crippen LogP contribution < -0.4 is 4.90 Å². The van der Waals surface area contributed by atoms with Crippen molar-refractivity contribution in [3.05, 3.63) is 57.9 Å². The van der Waals surface area contributed by atoms with Crippen LogP contribution in [0.25, 0.3) is 5.65 Å². The summed E-state index contributed by atoms with van der Waals surface area (Å²) in [6, 6.07) is 7.15. The van der Waals surface area contributed by atoms with Crippen LogP contribution in [0.15, 0.2) is 24.3 Å². The summed E-state index contributed by atoms with van der Waals surface area (Å²) in [5.74, 6) is -0.454. The van der Waals surface area contributed by atoms with Gasteiger partial charge in [-0.25, -0.2) is 18.7 Å². The van der Waals surface area contributed by atoms with Crippen molar-refractivity contribution in [3.63, 3.8) is 0 Å². The molecule has 1 aliphatic heterocycles. The Kier molecular flexibility index (Phi) is 5.19. The molecule has 4 rings (SSSR count). The molecule has 3 aromatic rings. The molecule has 152 valence electrons. The molecule has 0 radical (unpaired) electrons. The van der Waals surface area contributed by atoms with E-state index < -0.39 is 12.6 Å². The Balaban J connectivity index is 1.85. The highest BCUT2D eigenvalue weighted by molar-refractivity contribution is 5.95. The smallest absolute Gasteiger partial charge is 0.339 e. The van der Waals surface area contributed by atoms with Crippen LogP contribution in [0.1, 0.15) is 38.4 Å². The molecule has 0 amide bonds. The highest BCUT2D eigenvalue weighted by Gasteiger charge is 2.22. The van der Waals surface area contributed by atoms with E-state index in [2.05, 4.69) is 4.98 Å². The molecule has 0 spiro atoms. The van der Waals surface area contributed by atoms with Crippen molar-refractivity contribution in [2.24, 2.45) is 0 Å². The summed E-state index contributed by atoms with van der Waals surface area (Å²) in [5.41, 5.74) is 4.47. The number of hydrogen-bond donors (Lipinski definition) is 1. The molecule has 0 saturated carbocycles. The van der Waals surface area contributed by atoms with Crippen molar-refractivity contribution < 1.29 is 19.0 Å². The van der Waals surface area contributed by atoms with E-state index >= 15 is 0 Å². The molecule has 0 bridgehead atoms. The van der Waals surface area contributed by atoms with Gasteiger partial charge >= 0.3 is 5.97 Å². The number of fused-ring (bicyclic) bond motifs is 1. The molecule has 1 aliphatic rings. The first-order chi connectivity index (χ1) is 14.0. The minimum atomic E-state index is -1.04. The molecular weight excluding hydrogens is 375 g/mol. The van der Waals surface area contributed by atoms with Crippen molar-refractivity contribution >= 4 is 17.4 Å². The van der Waals surface area contributed by atoms with E-state index in [4.69, 9.17) is 9.84 Å². The number of aryl methyl sites for hydroxylation is 1. The van der Waals surface area contributed by atoms with Crippen molar-refractivity contribution in [2.75, 3.05) is 31.2 Å². The van der Waals surface area contributed by atoms with Crippen molar-refractivity contribution in [3.8, 4) is 0 Å². The van der Waals surface area contributed by atoms with E-state index in [1.165, 1.54) is 0 Å². The fourth-order valence-corrected chi connectivity index (χ4v) is 3.72. The van der Waals surface area contributed by atoms with Crippen molar-refractivity contribution in [1.82, 2.24) is 14.6 Å². The fraction of sp³-hybridized carbons (Fsp3) is 0.381. The Labute approximate surface area is 167 Å². The Morgan fingerprint density at radius 3 is 2.66 bits per heavy atom. The van der Waals surface area contributed by atoms with E-state index in [0.717, 1.165) is 16.8 Å². The first-order valence-electron chi connectivity index (χ1n) is 9.58. The fourth-order valence-electron chi connectivity index (χ4n) is 3.72. The zero-order valence-corrected chi connectivity index (χ0v) is 16.5. The second kappa shape index (κ2) is 7.79. The number of ether oxygens (including phenoxy) is 1. The van der Waals surface area contributed by atoms with Crippen LogP contribution in [-0.4, -0.2) is 52.0 Å². The number of anilines is 1. The van der Waals surface area contributed by atoms with Gasteiger partial charge in [0, 0.05) is 25.6 Å². The number of rotatable bonds is 5. The SMILES string of the molecule is Cc1nc2c(C(=O)O)cc(N3CCOCC3)nn2c1Cc1cccc(CF)c1C. The third kappa shape index (κ3) is 3.55. The molecule has 0 unspecified atom stereocenters. The number of hydrogen-bond acceptors (Lipinski definition) is 5. The minimum absolute atomic E-state index is 0.116. The molecule has 1 fully saturated rings. The van der Waals surface area contributed by atoms with E-state index in [0.29, 0.717) is 55.4 Å². The second-order valence-electron chi connectivity index (χ2n) is 7.21. The van der Waals surface area contributed by atoms with Crippen LogP contribution in [0.3, 0.4) is 0 Å². The van der Waals surface area contributed by atoms with E-state index in [-0.39, 0.29) is 5.56 Å². The number of aromatic carboxylic acids is 1. The van der Waals surface area contributed by atoms with E-state index in [1.54, 1.807) is 16.6 Å². The summed E-state index contributed by atoms with van der Waals surface area (Å²) in [6.45, 7) is 5.68. The predicted molar refractivity (Wildman–Crippen MR) is 107 cm³/mol. The molecule has 7 nitrogen and oxygen atoms in total. The van der Waals surface area contributed by atoms with Gasteiger partial charge in [-0.05, 0) is 30.5 Å². The quantitative estimate of drug-likeness (QED) is 0.712. The van der Waals surface area contributed by atoms with Gasteiger partial charge in [-0.1, -0.05) is 18.2 Å². The van der Waals surface area contributed by atoms with Crippen LogP contribution in [0, 0.1) is 13.8 Å². The number of benzene rings is 1. The maximum Gasteiger partial charge on any atom is 0.339 e.